The number of rotatable bonds is 1. The van der Waals surface area contributed by atoms with Crippen LogP contribution in [0.15, 0.2) is 16.7 Å². The second-order valence-electron chi connectivity index (χ2n) is 4.99. The lowest BCUT2D eigenvalue weighted by atomic mass is 9.86. The lowest BCUT2D eigenvalue weighted by molar-refractivity contribution is 0.472. The Morgan fingerprint density at radius 1 is 1.37 bits per heavy atom. The van der Waals surface area contributed by atoms with Gasteiger partial charge in [0, 0.05) is 18.2 Å². The number of halogens is 1. The van der Waals surface area contributed by atoms with Crippen LogP contribution in [0.5, 0.6) is 5.75 Å². The minimum Gasteiger partial charge on any atom is -0.506 e. The molecule has 1 aliphatic carbocycles. The average Bonchev–Trinajstić information content (AvgIpc) is 2.72. The quantitative estimate of drug-likeness (QED) is 0.848. The van der Waals surface area contributed by atoms with Gasteiger partial charge in [-0.05, 0) is 58.8 Å². The Hall–Kier alpha value is -1.49. The summed E-state index contributed by atoms with van der Waals surface area (Å²) in [6.07, 6.45) is 6.13. The van der Waals surface area contributed by atoms with Crippen molar-refractivity contribution in [3.8, 4) is 16.9 Å². The third-order valence-electron chi connectivity index (χ3n) is 3.83. The summed E-state index contributed by atoms with van der Waals surface area (Å²) < 4.78 is 2.36. The van der Waals surface area contributed by atoms with Crippen molar-refractivity contribution in [3.63, 3.8) is 0 Å². The molecule has 0 saturated carbocycles. The van der Waals surface area contributed by atoms with Crippen molar-refractivity contribution < 1.29 is 5.11 Å². The minimum atomic E-state index is 0.264. The predicted molar refractivity (Wildman–Crippen MR) is 79.1 cm³/mol. The van der Waals surface area contributed by atoms with Gasteiger partial charge in [0.1, 0.15) is 11.6 Å². The Labute approximate surface area is 120 Å². The molecule has 3 N–H and O–H groups in total. The van der Waals surface area contributed by atoms with Crippen LogP contribution in [0.25, 0.3) is 11.1 Å². The highest BCUT2D eigenvalue weighted by atomic mass is 79.9. The number of nitrogens with zero attached hydrogens (tertiary/aromatic N) is 2. The zero-order chi connectivity index (χ0) is 13.6. The van der Waals surface area contributed by atoms with E-state index in [0.717, 1.165) is 34.9 Å². The lowest BCUT2D eigenvalue weighted by Crippen LogP contribution is -2.06. The van der Waals surface area contributed by atoms with Crippen molar-refractivity contribution in [1.82, 2.24) is 9.78 Å². The van der Waals surface area contributed by atoms with Crippen LogP contribution in [0.1, 0.15) is 24.0 Å². The van der Waals surface area contributed by atoms with Gasteiger partial charge >= 0.3 is 0 Å². The zero-order valence-corrected chi connectivity index (χ0v) is 12.4. The normalized spacial score (nSPS) is 14.4. The Bertz CT molecular complexity index is 649. The molecule has 0 amide bonds. The van der Waals surface area contributed by atoms with Gasteiger partial charge in [-0.2, -0.15) is 5.10 Å². The number of phenolic OH excluding ortho intramolecular Hbond substituents is 1. The Kier molecular flexibility index (Phi) is 3.01. The van der Waals surface area contributed by atoms with E-state index < -0.39 is 0 Å². The summed E-state index contributed by atoms with van der Waals surface area (Å²) in [6.45, 7) is 0. The predicted octanol–water partition coefficient (Wildman–Crippen LogP) is 3.02. The number of benzene rings is 1. The van der Waals surface area contributed by atoms with Crippen molar-refractivity contribution in [3.05, 3.63) is 27.9 Å². The summed E-state index contributed by atoms with van der Waals surface area (Å²) in [6, 6.07) is 2.03. The fraction of sp³-hybridized carbons (Fsp3) is 0.357. The van der Waals surface area contributed by atoms with Gasteiger partial charge in [-0.3, -0.25) is 4.68 Å². The van der Waals surface area contributed by atoms with Gasteiger partial charge in [0.05, 0.1) is 10.7 Å². The topological polar surface area (TPSA) is 64.1 Å². The van der Waals surface area contributed by atoms with E-state index >= 15 is 0 Å². The summed E-state index contributed by atoms with van der Waals surface area (Å²) in [5, 5.41) is 14.6. The smallest absolute Gasteiger partial charge is 0.138 e. The maximum absolute atomic E-state index is 10.4. The van der Waals surface area contributed by atoms with Gasteiger partial charge in [-0.25, -0.2) is 0 Å². The summed E-state index contributed by atoms with van der Waals surface area (Å²) in [5.41, 5.74) is 10.2. The summed E-state index contributed by atoms with van der Waals surface area (Å²) in [4.78, 5) is 0. The highest BCUT2D eigenvalue weighted by Crippen LogP contribution is 2.44. The van der Waals surface area contributed by atoms with E-state index in [9.17, 15) is 5.11 Å². The van der Waals surface area contributed by atoms with Crippen LogP contribution in [0.3, 0.4) is 0 Å². The van der Waals surface area contributed by atoms with Gasteiger partial charge in [0.2, 0.25) is 0 Å². The van der Waals surface area contributed by atoms with Crippen LogP contribution in [-0.4, -0.2) is 14.9 Å². The molecule has 2 aromatic rings. The molecule has 0 radical (unpaired) electrons. The SMILES string of the molecule is Cn1ncc(-c2c(O)c(Br)cc3c2CCCC3)c1N. The van der Waals surface area contributed by atoms with Crippen molar-refractivity contribution in [2.45, 2.75) is 25.7 Å². The first-order valence-corrected chi connectivity index (χ1v) is 7.20. The van der Waals surface area contributed by atoms with Crippen LogP contribution in [-0.2, 0) is 19.9 Å². The van der Waals surface area contributed by atoms with Crippen LogP contribution >= 0.6 is 15.9 Å². The first-order valence-electron chi connectivity index (χ1n) is 6.40. The highest BCUT2D eigenvalue weighted by molar-refractivity contribution is 9.10. The van der Waals surface area contributed by atoms with E-state index in [1.807, 2.05) is 6.07 Å². The van der Waals surface area contributed by atoms with Gasteiger partial charge in [-0.15, -0.1) is 0 Å². The van der Waals surface area contributed by atoms with Gasteiger partial charge in [0.15, 0.2) is 0 Å². The Morgan fingerprint density at radius 3 is 2.79 bits per heavy atom. The Morgan fingerprint density at radius 2 is 2.11 bits per heavy atom. The molecule has 100 valence electrons. The highest BCUT2D eigenvalue weighted by Gasteiger charge is 2.22. The molecular weight excluding hydrogens is 306 g/mol. The van der Waals surface area contributed by atoms with Crippen LogP contribution in [0.2, 0.25) is 0 Å². The molecule has 0 saturated heterocycles. The minimum absolute atomic E-state index is 0.264. The molecule has 3 rings (SSSR count). The second-order valence-corrected chi connectivity index (χ2v) is 5.85. The standard InChI is InChI=1S/C14H16BrN3O/c1-18-14(16)10(7-17-18)12-9-5-3-2-4-8(9)6-11(15)13(12)19/h6-7,19H,2-5,16H2,1H3. The Balaban J connectivity index is 2.30. The average molecular weight is 322 g/mol. The number of nitrogens with two attached hydrogens (primary N) is 1. The van der Waals surface area contributed by atoms with Gasteiger partial charge in [0.25, 0.3) is 0 Å². The van der Waals surface area contributed by atoms with Crippen molar-refractivity contribution >= 4 is 21.7 Å². The largest absolute Gasteiger partial charge is 0.506 e. The summed E-state index contributed by atoms with van der Waals surface area (Å²) in [5.74, 6) is 0.849. The molecule has 0 spiro atoms. The number of phenols is 1. The monoisotopic (exact) mass is 321 g/mol. The van der Waals surface area contributed by atoms with Crippen molar-refractivity contribution in [1.29, 1.82) is 0 Å². The number of nitrogen functional groups attached to an aromatic ring is 1. The molecule has 0 unspecified atom stereocenters. The fourth-order valence-corrected chi connectivity index (χ4v) is 3.26. The number of fused-ring (bicyclic) bond motifs is 1. The molecule has 5 heteroatoms. The third kappa shape index (κ3) is 1.92. The molecule has 19 heavy (non-hydrogen) atoms. The van der Waals surface area contributed by atoms with Gasteiger partial charge in [-0.1, -0.05) is 0 Å². The summed E-state index contributed by atoms with van der Waals surface area (Å²) in [7, 11) is 1.81. The molecule has 1 aromatic heterocycles. The van der Waals surface area contributed by atoms with E-state index in [-0.39, 0.29) is 5.75 Å². The maximum atomic E-state index is 10.4. The van der Waals surface area contributed by atoms with Gasteiger partial charge < -0.3 is 10.8 Å². The second kappa shape index (κ2) is 4.56. The zero-order valence-electron chi connectivity index (χ0n) is 10.8. The molecule has 1 heterocycles. The lowest BCUT2D eigenvalue weighted by Gasteiger charge is -2.21. The number of anilines is 1. The fourth-order valence-electron chi connectivity index (χ4n) is 2.79. The third-order valence-corrected chi connectivity index (χ3v) is 4.43. The summed E-state index contributed by atoms with van der Waals surface area (Å²) >= 11 is 3.44. The van der Waals surface area contributed by atoms with Crippen LogP contribution in [0.4, 0.5) is 5.82 Å². The van der Waals surface area contributed by atoms with E-state index in [1.165, 1.54) is 17.5 Å². The van der Waals surface area contributed by atoms with E-state index in [2.05, 4.69) is 21.0 Å². The van der Waals surface area contributed by atoms with Crippen LogP contribution in [0, 0.1) is 0 Å². The first kappa shape index (κ1) is 12.5. The number of hydrogen-bond acceptors (Lipinski definition) is 3. The molecule has 1 aliphatic rings. The molecule has 0 aliphatic heterocycles. The van der Waals surface area contributed by atoms with E-state index in [1.54, 1.807) is 17.9 Å². The number of hydrogen-bond donors (Lipinski definition) is 2. The number of aromatic nitrogens is 2. The van der Waals surface area contributed by atoms with Crippen molar-refractivity contribution in [2.24, 2.45) is 7.05 Å². The van der Waals surface area contributed by atoms with Crippen LogP contribution < -0.4 is 5.73 Å². The number of aromatic hydroxyl groups is 1. The molecular formula is C14H16BrN3O. The molecule has 1 aromatic carbocycles. The van der Waals surface area contributed by atoms with Crippen molar-refractivity contribution in [2.75, 3.05) is 5.73 Å². The molecule has 0 fully saturated rings. The molecule has 0 bridgehead atoms. The molecule has 0 atom stereocenters. The maximum Gasteiger partial charge on any atom is 0.138 e. The first-order chi connectivity index (χ1) is 9.09. The number of aryl methyl sites for hydroxylation is 2. The van der Waals surface area contributed by atoms with E-state index in [4.69, 9.17) is 5.73 Å². The van der Waals surface area contributed by atoms with E-state index in [0.29, 0.717) is 5.82 Å². The molecule has 4 nitrogen and oxygen atoms in total.